The number of nitrogens with two attached hydrogens (primary N) is 1. The summed E-state index contributed by atoms with van der Waals surface area (Å²) in [4.78, 5) is 16.2. The summed E-state index contributed by atoms with van der Waals surface area (Å²) in [5.41, 5.74) is 8.81. The Balaban J connectivity index is 1.46. The lowest BCUT2D eigenvalue weighted by molar-refractivity contribution is -0.120. The van der Waals surface area contributed by atoms with Gasteiger partial charge in [0, 0.05) is 18.3 Å². The molecule has 1 aliphatic rings. The van der Waals surface area contributed by atoms with Gasteiger partial charge < -0.3 is 15.8 Å². The summed E-state index contributed by atoms with van der Waals surface area (Å²) < 4.78 is 5.79. The second kappa shape index (κ2) is 8.36. The lowest BCUT2D eigenvalue weighted by Crippen LogP contribution is -2.33. The van der Waals surface area contributed by atoms with Crippen molar-refractivity contribution >= 4 is 17.7 Å². The van der Waals surface area contributed by atoms with Gasteiger partial charge >= 0.3 is 0 Å². The number of carbonyl (C=O) groups is 1. The van der Waals surface area contributed by atoms with E-state index in [4.69, 9.17) is 10.5 Å². The van der Waals surface area contributed by atoms with Gasteiger partial charge in [0.2, 0.25) is 5.91 Å². The van der Waals surface area contributed by atoms with Gasteiger partial charge in [0.05, 0.1) is 11.9 Å². The number of nitrogens with one attached hydrogen (secondary N) is 1. The Kier molecular flexibility index (Phi) is 5.94. The molecule has 1 fully saturated rings. The average molecular weight is 357 g/mol. The number of aromatic nitrogens is 1. The topological polar surface area (TPSA) is 77.2 Å². The van der Waals surface area contributed by atoms with E-state index in [2.05, 4.69) is 29.4 Å². The van der Waals surface area contributed by atoms with Crippen molar-refractivity contribution in [3.8, 4) is 5.75 Å². The lowest BCUT2D eigenvalue weighted by Gasteiger charge is -2.09. The van der Waals surface area contributed by atoms with Crippen LogP contribution in [0.2, 0.25) is 0 Å². The molecule has 2 heterocycles. The fourth-order valence-corrected chi connectivity index (χ4v) is 3.69. The number of hydrogen-bond donors (Lipinski definition) is 2. The van der Waals surface area contributed by atoms with Gasteiger partial charge in [0.25, 0.3) is 0 Å². The molecule has 0 bridgehead atoms. The van der Waals surface area contributed by atoms with Crippen LogP contribution in [0.4, 0.5) is 0 Å². The molecule has 1 saturated heterocycles. The van der Waals surface area contributed by atoms with Gasteiger partial charge in [-0.15, -0.1) is 11.8 Å². The third kappa shape index (κ3) is 4.96. The van der Waals surface area contributed by atoms with Crippen LogP contribution in [0.5, 0.6) is 5.75 Å². The number of nitrogens with zero attached hydrogens (tertiary/aromatic N) is 1. The third-order valence-corrected chi connectivity index (χ3v) is 5.27. The molecular formula is C19H23N3O2S. The first-order valence-electron chi connectivity index (χ1n) is 8.51. The maximum atomic E-state index is 11.7. The second-order valence-electron chi connectivity index (χ2n) is 6.01. The molecular weight excluding hydrogens is 334 g/mol. The monoisotopic (exact) mass is 357 g/mol. The van der Waals surface area contributed by atoms with Gasteiger partial charge in [0.15, 0.2) is 0 Å². The molecule has 1 amide bonds. The predicted octanol–water partition coefficient (Wildman–Crippen LogP) is 2.28. The molecule has 3 N–H and O–H groups in total. The largest absolute Gasteiger partial charge is 0.493 e. The lowest BCUT2D eigenvalue weighted by atomic mass is 10.1. The highest BCUT2D eigenvalue weighted by Gasteiger charge is 2.30. The van der Waals surface area contributed by atoms with Crippen LogP contribution in [0, 0.1) is 0 Å². The molecule has 0 radical (unpaired) electrons. The summed E-state index contributed by atoms with van der Waals surface area (Å²) in [7, 11) is 0. The first-order valence-corrected chi connectivity index (χ1v) is 9.45. The van der Waals surface area contributed by atoms with Crippen LogP contribution in [-0.4, -0.2) is 28.2 Å². The Hall–Kier alpha value is -2.05. The molecule has 1 aliphatic heterocycles. The van der Waals surface area contributed by atoms with Gasteiger partial charge in [-0.1, -0.05) is 25.1 Å². The van der Waals surface area contributed by atoms with Crippen LogP contribution in [0.1, 0.15) is 23.7 Å². The molecule has 0 unspecified atom stereocenters. The summed E-state index contributed by atoms with van der Waals surface area (Å²) in [6, 6.07) is 12.1. The van der Waals surface area contributed by atoms with Crippen molar-refractivity contribution in [2.75, 3.05) is 6.61 Å². The Morgan fingerprint density at radius 1 is 1.20 bits per heavy atom. The fraction of sp³-hybridized carbons (Fsp3) is 0.368. The summed E-state index contributed by atoms with van der Waals surface area (Å²) in [6.45, 7) is 2.71. The van der Waals surface area contributed by atoms with E-state index in [-0.39, 0.29) is 16.7 Å². The number of amides is 1. The first-order chi connectivity index (χ1) is 12.1. The number of ether oxygens (including phenoxy) is 1. The zero-order chi connectivity index (χ0) is 17.6. The van der Waals surface area contributed by atoms with Crippen molar-refractivity contribution in [1.82, 2.24) is 10.3 Å². The number of thioether (sulfide) groups is 1. The molecule has 5 nitrogen and oxygen atoms in total. The summed E-state index contributed by atoms with van der Waals surface area (Å²) in [5, 5.41) is 2.61. The first kappa shape index (κ1) is 17.8. The van der Waals surface area contributed by atoms with E-state index in [0.717, 1.165) is 29.8 Å². The predicted molar refractivity (Wildman–Crippen MR) is 100 cm³/mol. The number of pyridine rings is 1. The number of hydrogen-bond acceptors (Lipinski definition) is 5. The Morgan fingerprint density at radius 2 is 1.96 bits per heavy atom. The van der Waals surface area contributed by atoms with Crippen molar-refractivity contribution in [2.24, 2.45) is 5.73 Å². The van der Waals surface area contributed by atoms with Crippen molar-refractivity contribution in [2.45, 2.75) is 36.9 Å². The van der Waals surface area contributed by atoms with Gasteiger partial charge in [-0.2, -0.15) is 0 Å². The van der Waals surface area contributed by atoms with E-state index in [9.17, 15) is 4.79 Å². The summed E-state index contributed by atoms with van der Waals surface area (Å²) >= 11 is 1.47. The fourth-order valence-electron chi connectivity index (χ4n) is 2.67. The van der Waals surface area contributed by atoms with E-state index >= 15 is 0 Å². The van der Waals surface area contributed by atoms with Gasteiger partial charge in [0.1, 0.15) is 11.2 Å². The molecule has 3 rings (SSSR count). The molecule has 0 saturated carbocycles. The SMILES string of the molecule is CCc1ccc(CCOc2ccc(C[C@@H]3S[C@H](N)NC3=O)cc2)nc1. The van der Waals surface area contributed by atoms with E-state index in [0.29, 0.717) is 13.0 Å². The van der Waals surface area contributed by atoms with Crippen molar-refractivity contribution < 1.29 is 9.53 Å². The normalized spacial score (nSPS) is 19.7. The highest BCUT2D eigenvalue weighted by Crippen LogP contribution is 2.24. The molecule has 2 aromatic rings. The quantitative estimate of drug-likeness (QED) is 0.795. The highest BCUT2D eigenvalue weighted by molar-refractivity contribution is 8.01. The number of benzene rings is 1. The molecule has 6 heteroatoms. The van der Waals surface area contributed by atoms with E-state index in [1.807, 2.05) is 30.5 Å². The molecule has 132 valence electrons. The van der Waals surface area contributed by atoms with Crippen LogP contribution < -0.4 is 15.8 Å². The van der Waals surface area contributed by atoms with Crippen LogP contribution in [0.15, 0.2) is 42.6 Å². The van der Waals surface area contributed by atoms with Gasteiger partial charge in [-0.25, -0.2) is 0 Å². The molecule has 1 aromatic heterocycles. The minimum atomic E-state index is -0.292. The van der Waals surface area contributed by atoms with Crippen molar-refractivity contribution in [3.63, 3.8) is 0 Å². The maximum Gasteiger partial charge on any atom is 0.235 e. The van der Waals surface area contributed by atoms with Crippen LogP contribution in [0.25, 0.3) is 0 Å². The zero-order valence-corrected chi connectivity index (χ0v) is 15.1. The molecule has 25 heavy (non-hydrogen) atoms. The Labute approximate surface area is 152 Å². The molecule has 0 spiro atoms. The molecule has 0 aliphatic carbocycles. The minimum absolute atomic E-state index is 0.0134. The maximum absolute atomic E-state index is 11.7. The number of carbonyl (C=O) groups excluding carboxylic acids is 1. The molecule has 2 atom stereocenters. The molecule has 1 aromatic carbocycles. The smallest absolute Gasteiger partial charge is 0.235 e. The van der Waals surface area contributed by atoms with Crippen LogP contribution in [0.3, 0.4) is 0 Å². The number of aryl methyl sites for hydroxylation is 1. The van der Waals surface area contributed by atoms with Crippen molar-refractivity contribution in [1.29, 1.82) is 0 Å². The standard InChI is InChI=1S/C19H23N3O2S/c1-2-13-3-6-15(21-12-13)9-10-24-16-7-4-14(5-8-16)11-17-18(23)22-19(20)25-17/h3-8,12,17,19H,2,9-11,20H2,1H3,(H,22,23)/t17-,19+/m0/s1. The van der Waals surface area contributed by atoms with Gasteiger partial charge in [-0.05, 0) is 42.2 Å². The zero-order valence-electron chi connectivity index (χ0n) is 14.3. The average Bonchev–Trinajstić information content (AvgIpc) is 2.94. The van der Waals surface area contributed by atoms with E-state index < -0.39 is 0 Å². The Bertz CT molecular complexity index is 704. The van der Waals surface area contributed by atoms with Crippen LogP contribution in [-0.2, 0) is 24.1 Å². The van der Waals surface area contributed by atoms with Crippen molar-refractivity contribution in [3.05, 3.63) is 59.4 Å². The summed E-state index contributed by atoms with van der Waals surface area (Å²) in [5.74, 6) is 0.841. The highest BCUT2D eigenvalue weighted by atomic mass is 32.2. The Morgan fingerprint density at radius 3 is 2.56 bits per heavy atom. The third-order valence-electron chi connectivity index (χ3n) is 4.15. The second-order valence-corrected chi connectivity index (χ2v) is 7.36. The number of rotatable bonds is 7. The summed E-state index contributed by atoms with van der Waals surface area (Å²) in [6.07, 6.45) is 4.39. The minimum Gasteiger partial charge on any atom is -0.493 e. The van der Waals surface area contributed by atoms with Crippen LogP contribution >= 0.6 is 11.8 Å². The van der Waals surface area contributed by atoms with E-state index in [1.165, 1.54) is 17.3 Å². The van der Waals surface area contributed by atoms with Gasteiger partial charge in [-0.3, -0.25) is 9.78 Å². The van der Waals surface area contributed by atoms with E-state index in [1.54, 1.807) is 0 Å².